The van der Waals surface area contributed by atoms with Crippen LogP contribution in [0.2, 0.25) is 0 Å². The number of hydrogen-bond acceptors (Lipinski definition) is 5. The number of likely N-dealkylation sites (tertiary alicyclic amines) is 1. The highest BCUT2D eigenvalue weighted by Gasteiger charge is 2.27. The first-order chi connectivity index (χ1) is 13.5. The SMILES string of the molecule is Cc1cc(C)n2ncc(C(=O)N3CCN(CC(=O)N4CCCCC4)CC3)c2n1. The highest BCUT2D eigenvalue weighted by Crippen LogP contribution is 2.16. The molecule has 2 amide bonds. The third-order valence-corrected chi connectivity index (χ3v) is 5.74. The molecule has 2 fully saturated rings. The van der Waals surface area contributed by atoms with Crippen molar-refractivity contribution < 1.29 is 9.59 Å². The molecule has 0 aliphatic carbocycles. The van der Waals surface area contributed by atoms with Crippen molar-refractivity contribution in [3.8, 4) is 0 Å². The summed E-state index contributed by atoms with van der Waals surface area (Å²) in [6, 6.07) is 1.95. The molecule has 0 saturated carbocycles. The van der Waals surface area contributed by atoms with E-state index in [-0.39, 0.29) is 11.8 Å². The first-order valence-corrected chi connectivity index (χ1v) is 10.1. The van der Waals surface area contributed by atoms with Crippen molar-refractivity contribution in [2.75, 3.05) is 45.8 Å². The van der Waals surface area contributed by atoms with Crippen LogP contribution >= 0.6 is 0 Å². The number of carbonyl (C=O) groups excluding carboxylic acids is 2. The van der Waals surface area contributed by atoms with Gasteiger partial charge in [0.25, 0.3) is 5.91 Å². The fraction of sp³-hybridized carbons (Fsp3) is 0.600. The van der Waals surface area contributed by atoms with E-state index in [9.17, 15) is 9.59 Å². The van der Waals surface area contributed by atoms with Crippen LogP contribution in [0.1, 0.15) is 41.0 Å². The molecule has 28 heavy (non-hydrogen) atoms. The summed E-state index contributed by atoms with van der Waals surface area (Å²) >= 11 is 0. The number of piperidine rings is 1. The van der Waals surface area contributed by atoms with Crippen LogP contribution in [0.3, 0.4) is 0 Å². The molecular formula is C20H28N6O2. The van der Waals surface area contributed by atoms with Crippen molar-refractivity contribution in [2.24, 2.45) is 0 Å². The van der Waals surface area contributed by atoms with Crippen LogP contribution < -0.4 is 0 Å². The number of amides is 2. The minimum Gasteiger partial charge on any atom is -0.342 e. The van der Waals surface area contributed by atoms with E-state index in [1.807, 2.05) is 29.7 Å². The van der Waals surface area contributed by atoms with E-state index in [0.717, 1.165) is 50.4 Å². The summed E-state index contributed by atoms with van der Waals surface area (Å²) < 4.78 is 1.72. The Balaban J connectivity index is 1.37. The topological polar surface area (TPSA) is 74.1 Å². The van der Waals surface area contributed by atoms with Gasteiger partial charge in [0.05, 0.1) is 12.7 Å². The van der Waals surface area contributed by atoms with E-state index in [1.165, 1.54) is 6.42 Å². The second-order valence-electron chi connectivity index (χ2n) is 7.84. The molecule has 4 rings (SSSR count). The zero-order valence-electron chi connectivity index (χ0n) is 16.7. The van der Waals surface area contributed by atoms with Crippen molar-refractivity contribution in [3.05, 3.63) is 29.2 Å². The summed E-state index contributed by atoms with van der Waals surface area (Å²) in [5.41, 5.74) is 3.00. The Labute approximate surface area is 165 Å². The van der Waals surface area contributed by atoms with Crippen molar-refractivity contribution in [1.82, 2.24) is 29.3 Å². The van der Waals surface area contributed by atoms with E-state index >= 15 is 0 Å². The molecule has 8 nitrogen and oxygen atoms in total. The molecule has 2 aliphatic rings. The lowest BCUT2D eigenvalue weighted by Gasteiger charge is -2.36. The molecule has 0 radical (unpaired) electrons. The largest absolute Gasteiger partial charge is 0.342 e. The average Bonchev–Trinajstić information content (AvgIpc) is 3.13. The van der Waals surface area contributed by atoms with Gasteiger partial charge in [0.15, 0.2) is 5.65 Å². The molecule has 2 saturated heterocycles. The van der Waals surface area contributed by atoms with Gasteiger partial charge in [-0.3, -0.25) is 14.5 Å². The maximum absolute atomic E-state index is 13.0. The highest BCUT2D eigenvalue weighted by molar-refractivity contribution is 5.99. The summed E-state index contributed by atoms with van der Waals surface area (Å²) in [5, 5.41) is 4.33. The number of nitrogens with zero attached hydrogens (tertiary/aromatic N) is 6. The van der Waals surface area contributed by atoms with Gasteiger partial charge in [0.2, 0.25) is 5.91 Å². The first kappa shape index (κ1) is 18.9. The fourth-order valence-electron chi connectivity index (χ4n) is 4.14. The first-order valence-electron chi connectivity index (χ1n) is 10.1. The average molecular weight is 384 g/mol. The van der Waals surface area contributed by atoms with Crippen LogP contribution in [0.25, 0.3) is 5.65 Å². The van der Waals surface area contributed by atoms with Gasteiger partial charge in [0.1, 0.15) is 5.56 Å². The standard InChI is InChI=1S/C20H28N6O2/c1-15-12-16(2)26-19(22-15)17(13-21-26)20(28)25-10-8-23(9-11-25)14-18(27)24-6-4-3-5-7-24/h12-13H,3-11,14H2,1-2H3. The molecule has 8 heteroatoms. The zero-order chi connectivity index (χ0) is 19.7. The van der Waals surface area contributed by atoms with Gasteiger partial charge < -0.3 is 9.80 Å². The summed E-state index contributed by atoms with van der Waals surface area (Å²) in [4.78, 5) is 36.0. The Bertz CT molecular complexity index is 878. The van der Waals surface area contributed by atoms with Gasteiger partial charge in [-0.05, 0) is 39.2 Å². The number of aryl methyl sites for hydroxylation is 2. The Hall–Kier alpha value is -2.48. The lowest BCUT2D eigenvalue weighted by Crippen LogP contribution is -2.52. The maximum Gasteiger partial charge on any atom is 0.259 e. The van der Waals surface area contributed by atoms with Crippen LogP contribution in [0.5, 0.6) is 0 Å². The van der Waals surface area contributed by atoms with E-state index in [4.69, 9.17) is 0 Å². The molecule has 4 heterocycles. The minimum atomic E-state index is -0.0329. The number of carbonyl (C=O) groups is 2. The van der Waals surface area contributed by atoms with Crippen LogP contribution in [0.4, 0.5) is 0 Å². The number of fused-ring (bicyclic) bond motifs is 1. The molecule has 150 valence electrons. The van der Waals surface area contributed by atoms with Crippen molar-refractivity contribution in [3.63, 3.8) is 0 Å². The Morgan fingerprint density at radius 2 is 1.68 bits per heavy atom. The van der Waals surface area contributed by atoms with Gasteiger partial charge in [-0.2, -0.15) is 5.10 Å². The molecular weight excluding hydrogens is 356 g/mol. The quantitative estimate of drug-likeness (QED) is 0.793. The smallest absolute Gasteiger partial charge is 0.259 e. The molecule has 0 unspecified atom stereocenters. The summed E-state index contributed by atoms with van der Waals surface area (Å²) in [6.07, 6.45) is 5.06. The van der Waals surface area contributed by atoms with E-state index < -0.39 is 0 Å². The highest BCUT2D eigenvalue weighted by atomic mass is 16.2. The van der Waals surface area contributed by atoms with Crippen molar-refractivity contribution in [2.45, 2.75) is 33.1 Å². The predicted molar refractivity (Wildman–Crippen MR) is 105 cm³/mol. The number of piperazine rings is 1. The van der Waals surface area contributed by atoms with E-state index in [1.54, 1.807) is 10.7 Å². The Kier molecular flexibility index (Phi) is 5.30. The van der Waals surface area contributed by atoms with Crippen LogP contribution in [0.15, 0.2) is 12.3 Å². The molecule has 2 aromatic heterocycles. The lowest BCUT2D eigenvalue weighted by molar-refractivity contribution is -0.133. The molecule has 0 spiro atoms. The lowest BCUT2D eigenvalue weighted by atomic mass is 10.1. The van der Waals surface area contributed by atoms with Gasteiger partial charge in [0, 0.05) is 50.7 Å². The molecule has 2 aliphatic heterocycles. The van der Waals surface area contributed by atoms with E-state index in [0.29, 0.717) is 30.8 Å². The second kappa shape index (κ2) is 7.87. The second-order valence-corrected chi connectivity index (χ2v) is 7.84. The number of rotatable bonds is 3. The van der Waals surface area contributed by atoms with Crippen molar-refractivity contribution in [1.29, 1.82) is 0 Å². The number of aromatic nitrogens is 3. The molecule has 0 aromatic carbocycles. The third-order valence-electron chi connectivity index (χ3n) is 5.74. The van der Waals surface area contributed by atoms with Gasteiger partial charge >= 0.3 is 0 Å². The van der Waals surface area contributed by atoms with E-state index in [2.05, 4.69) is 15.0 Å². The molecule has 0 atom stereocenters. The minimum absolute atomic E-state index is 0.0329. The maximum atomic E-state index is 13.0. The molecule has 0 bridgehead atoms. The van der Waals surface area contributed by atoms with Gasteiger partial charge in [-0.15, -0.1) is 0 Å². The summed E-state index contributed by atoms with van der Waals surface area (Å²) in [7, 11) is 0. The van der Waals surface area contributed by atoms with Crippen LogP contribution in [-0.4, -0.2) is 86.9 Å². The Morgan fingerprint density at radius 3 is 2.39 bits per heavy atom. The van der Waals surface area contributed by atoms with Crippen LogP contribution in [0, 0.1) is 13.8 Å². The zero-order valence-corrected chi connectivity index (χ0v) is 16.7. The molecule has 0 N–H and O–H groups in total. The fourth-order valence-corrected chi connectivity index (χ4v) is 4.14. The summed E-state index contributed by atoms with van der Waals surface area (Å²) in [6.45, 7) is 8.79. The molecule has 2 aromatic rings. The normalized spacial score (nSPS) is 18.6. The van der Waals surface area contributed by atoms with Crippen LogP contribution in [-0.2, 0) is 4.79 Å². The third kappa shape index (κ3) is 3.73. The number of hydrogen-bond donors (Lipinski definition) is 0. The summed E-state index contributed by atoms with van der Waals surface area (Å²) in [5.74, 6) is 0.187. The van der Waals surface area contributed by atoms with Gasteiger partial charge in [-0.25, -0.2) is 9.50 Å². The van der Waals surface area contributed by atoms with Crippen molar-refractivity contribution >= 4 is 17.5 Å². The van der Waals surface area contributed by atoms with Gasteiger partial charge in [-0.1, -0.05) is 0 Å². The monoisotopic (exact) mass is 384 g/mol. The predicted octanol–water partition coefficient (Wildman–Crippen LogP) is 1.12. The Morgan fingerprint density at radius 1 is 0.964 bits per heavy atom.